The standard InChI is InChI=1S/C13H21N5O2/c14-11(17-20)13(5-2-1-3-6-13)12(19)15-8-10-18-9-4-7-16-18/h4,7,9,20H,1-3,5-6,8,10H2,(H2,14,17)(H,15,19). The average molecular weight is 279 g/mol. The van der Waals surface area contributed by atoms with Gasteiger partial charge in [0.15, 0.2) is 5.84 Å². The van der Waals surface area contributed by atoms with Crippen LogP contribution in [0.2, 0.25) is 0 Å². The van der Waals surface area contributed by atoms with E-state index in [4.69, 9.17) is 10.9 Å². The van der Waals surface area contributed by atoms with Gasteiger partial charge in [-0.25, -0.2) is 0 Å². The van der Waals surface area contributed by atoms with E-state index in [0.29, 0.717) is 25.9 Å². The van der Waals surface area contributed by atoms with Crippen LogP contribution in [0.1, 0.15) is 32.1 Å². The summed E-state index contributed by atoms with van der Waals surface area (Å²) in [4.78, 5) is 12.4. The zero-order valence-electron chi connectivity index (χ0n) is 11.5. The van der Waals surface area contributed by atoms with Gasteiger partial charge in [0.1, 0.15) is 5.41 Å². The van der Waals surface area contributed by atoms with Gasteiger partial charge in [0.2, 0.25) is 5.91 Å². The molecule has 20 heavy (non-hydrogen) atoms. The Bertz CT molecular complexity index is 463. The third-order valence-corrected chi connectivity index (χ3v) is 3.93. The first-order valence-corrected chi connectivity index (χ1v) is 6.93. The van der Waals surface area contributed by atoms with Crippen LogP contribution < -0.4 is 11.1 Å². The number of rotatable bonds is 5. The van der Waals surface area contributed by atoms with Gasteiger partial charge in [0.25, 0.3) is 0 Å². The number of oxime groups is 1. The molecule has 110 valence electrons. The minimum absolute atomic E-state index is 0.0220. The van der Waals surface area contributed by atoms with Crippen molar-refractivity contribution >= 4 is 11.7 Å². The maximum atomic E-state index is 12.4. The van der Waals surface area contributed by atoms with Crippen molar-refractivity contribution in [1.82, 2.24) is 15.1 Å². The Labute approximate surface area is 117 Å². The molecule has 1 heterocycles. The highest BCUT2D eigenvalue weighted by Crippen LogP contribution is 2.36. The highest BCUT2D eigenvalue weighted by atomic mass is 16.4. The molecule has 2 rings (SSSR count). The third-order valence-electron chi connectivity index (χ3n) is 3.93. The summed E-state index contributed by atoms with van der Waals surface area (Å²) in [5, 5.41) is 19.0. The molecular formula is C13H21N5O2. The normalized spacial score (nSPS) is 18.7. The first-order valence-electron chi connectivity index (χ1n) is 6.93. The Kier molecular flexibility index (Phi) is 4.60. The SMILES string of the molecule is NC(=NO)C1(C(=O)NCCn2cccn2)CCCCC1. The predicted molar refractivity (Wildman–Crippen MR) is 74.2 cm³/mol. The molecule has 0 spiro atoms. The minimum Gasteiger partial charge on any atom is -0.409 e. The van der Waals surface area contributed by atoms with Crippen molar-refractivity contribution in [2.75, 3.05) is 6.54 Å². The lowest BCUT2D eigenvalue weighted by atomic mass is 9.72. The van der Waals surface area contributed by atoms with Crippen molar-refractivity contribution < 1.29 is 10.0 Å². The van der Waals surface area contributed by atoms with Crippen molar-refractivity contribution in [1.29, 1.82) is 0 Å². The molecule has 1 aromatic rings. The van der Waals surface area contributed by atoms with Gasteiger partial charge in [-0.15, -0.1) is 0 Å². The third kappa shape index (κ3) is 2.92. The number of nitrogens with zero attached hydrogens (tertiary/aromatic N) is 3. The smallest absolute Gasteiger partial charge is 0.234 e. The van der Waals surface area contributed by atoms with Crippen LogP contribution >= 0.6 is 0 Å². The largest absolute Gasteiger partial charge is 0.409 e. The van der Waals surface area contributed by atoms with E-state index >= 15 is 0 Å². The fraction of sp³-hybridized carbons (Fsp3) is 0.615. The van der Waals surface area contributed by atoms with Crippen LogP contribution in [0, 0.1) is 5.41 Å². The lowest BCUT2D eigenvalue weighted by molar-refractivity contribution is -0.129. The Hall–Kier alpha value is -2.05. The molecule has 1 aliphatic carbocycles. The number of nitrogens with one attached hydrogen (secondary N) is 1. The van der Waals surface area contributed by atoms with E-state index in [-0.39, 0.29) is 11.7 Å². The van der Waals surface area contributed by atoms with E-state index in [1.165, 1.54) is 0 Å². The van der Waals surface area contributed by atoms with Crippen molar-refractivity contribution in [2.24, 2.45) is 16.3 Å². The molecule has 0 radical (unpaired) electrons. The van der Waals surface area contributed by atoms with E-state index < -0.39 is 5.41 Å². The summed E-state index contributed by atoms with van der Waals surface area (Å²) >= 11 is 0. The first-order chi connectivity index (χ1) is 9.69. The fourth-order valence-electron chi connectivity index (χ4n) is 2.74. The van der Waals surface area contributed by atoms with Crippen molar-refractivity contribution in [2.45, 2.75) is 38.6 Å². The number of hydrogen-bond donors (Lipinski definition) is 3. The summed E-state index contributed by atoms with van der Waals surface area (Å²) in [6.07, 6.45) is 7.73. The molecular weight excluding hydrogens is 258 g/mol. The number of amidine groups is 1. The first kappa shape index (κ1) is 14.4. The molecule has 1 aliphatic rings. The molecule has 7 nitrogen and oxygen atoms in total. The Morgan fingerprint density at radius 1 is 1.45 bits per heavy atom. The van der Waals surface area contributed by atoms with Crippen LogP contribution in [0.3, 0.4) is 0 Å². The van der Waals surface area contributed by atoms with E-state index in [1.807, 2.05) is 12.3 Å². The second-order valence-corrected chi connectivity index (χ2v) is 5.15. The molecule has 1 fully saturated rings. The summed E-state index contributed by atoms with van der Waals surface area (Å²) in [6, 6.07) is 1.83. The number of carbonyl (C=O) groups excluding carboxylic acids is 1. The maximum Gasteiger partial charge on any atom is 0.234 e. The van der Waals surface area contributed by atoms with Crippen LogP contribution in [0.4, 0.5) is 0 Å². The Morgan fingerprint density at radius 2 is 2.20 bits per heavy atom. The van der Waals surface area contributed by atoms with Crippen LogP contribution in [-0.4, -0.2) is 33.3 Å². The van der Waals surface area contributed by atoms with Crippen molar-refractivity contribution in [3.05, 3.63) is 18.5 Å². The maximum absolute atomic E-state index is 12.4. The summed E-state index contributed by atoms with van der Waals surface area (Å²) in [7, 11) is 0. The highest BCUT2D eigenvalue weighted by Gasteiger charge is 2.43. The quantitative estimate of drug-likeness (QED) is 0.319. The Morgan fingerprint density at radius 3 is 2.80 bits per heavy atom. The minimum atomic E-state index is -0.850. The van der Waals surface area contributed by atoms with Gasteiger partial charge < -0.3 is 16.3 Å². The monoisotopic (exact) mass is 279 g/mol. The molecule has 0 aromatic carbocycles. The van der Waals surface area contributed by atoms with Crippen molar-refractivity contribution in [3.63, 3.8) is 0 Å². The zero-order valence-corrected chi connectivity index (χ0v) is 11.5. The van der Waals surface area contributed by atoms with Crippen LogP contribution in [0.25, 0.3) is 0 Å². The molecule has 0 aliphatic heterocycles. The van der Waals surface area contributed by atoms with E-state index in [2.05, 4.69) is 15.6 Å². The van der Waals surface area contributed by atoms with Gasteiger partial charge in [-0.2, -0.15) is 5.10 Å². The van der Waals surface area contributed by atoms with E-state index in [1.54, 1.807) is 10.9 Å². The van der Waals surface area contributed by atoms with Gasteiger partial charge in [-0.05, 0) is 18.9 Å². The number of amides is 1. The van der Waals surface area contributed by atoms with Crippen LogP contribution in [0.5, 0.6) is 0 Å². The number of aromatic nitrogens is 2. The predicted octanol–water partition coefficient (Wildman–Crippen LogP) is 0.696. The van der Waals surface area contributed by atoms with E-state index in [0.717, 1.165) is 19.3 Å². The lowest BCUT2D eigenvalue weighted by Crippen LogP contribution is -2.51. The zero-order chi connectivity index (χ0) is 14.4. The number of carbonyl (C=O) groups is 1. The molecule has 7 heteroatoms. The second kappa shape index (κ2) is 6.40. The number of nitrogens with two attached hydrogens (primary N) is 1. The molecule has 1 saturated carbocycles. The number of hydrogen-bond acceptors (Lipinski definition) is 4. The lowest BCUT2D eigenvalue weighted by Gasteiger charge is -2.34. The average Bonchev–Trinajstić information content (AvgIpc) is 3.00. The highest BCUT2D eigenvalue weighted by molar-refractivity contribution is 6.06. The molecule has 0 bridgehead atoms. The molecule has 0 unspecified atom stereocenters. The van der Waals surface area contributed by atoms with Crippen LogP contribution in [-0.2, 0) is 11.3 Å². The van der Waals surface area contributed by atoms with E-state index in [9.17, 15) is 4.79 Å². The van der Waals surface area contributed by atoms with Gasteiger partial charge >= 0.3 is 0 Å². The summed E-state index contributed by atoms with van der Waals surface area (Å²) < 4.78 is 1.75. The van der Waals surface area contributed by atoms with Gasteiger partial charge in [0, 0.05) is 18.9 Å². The molecule has 1 aromatic heterocycles. The fourth-order valence-corrected chi connectivity index (χ4v) is 2.74. The second-order valence-electron chi connectivity index (χ2n) is 5.15. The molecule has 0 saturated heterocycles. The molecule has 0 atom stereocenters. The van der Waals surface area contributed by atoms with Crippen molar-refractivity contribution in [3.8, 4) is 0 Å². The summed E-state index contributed by atoms with van der Waals surface area (Å²) in [5.74, 6) is -0.131. The topological polar surface area (TPSA) is 106 Å². The summed E-state index contributed by atoms with van der Waals surface area (Å²) in [5.41, 5.74) is 4.92. The molecule has 4 N–H and O–H groups in total. The van der Waals surface area contributed by atoms with Gasteiger partial charge in [-0.1, -0.05) is 24.4 Å². The summed E-state index contributed by atoms with van der Waals surface area (Å²) in [6.45, 7) is 1.08. The van der Waals surface area contributed by atoms with Gasteiger partial charge in [-0.3, -0.25) is 9.48 Å². The van der Waals surface area contributed by atoms with Gasteiger partial charge in [0.05, 0.1) is 6.54 Å². The molecule has 1 amide bonds. The van der Waals surface area contributed by atoms with Crippen LogP contribution in [0.15, 0.2) is 23.6 Å². The Balaban J connectivity index is 1.96.